The predicted molar refractivity (Wildman–Crippen MR) is 89.2 cm³/mol. The van der Waals surface area contributed by atoms with Crippen LogP contribution < -0.4 is 5.73 Å². The first-order chi connectivity index (χ1) is 11.4. The van der Waals surface area contributed by atoms with Gasteiger partial charge in [-0.1, -0.05) is 17.3 Å². The summed E-state index contributed by atoms with van der Waals surface area (Å²) >= 11 is 0. The van der Waals surface area contributed by atoms with E-state index in [-0.39, 0.29) is 6.04 Å². The fourth-order valence-corrected chi connectivity index (χ4v) is 3.04. The van der Waals surface area contributed by atoms with Crippen LogP contribution in [0.2, 0.25) is 0 Å². The lowest BCUT2D eigenvalue weighted by Crippen LogP contribution is -2.31. The summed E-state index contributed by atoms with van der Waals surface area (Å²) in [5.41, 5.74) is 6.47. The van der Waals surface area contributed by atoms with Crippen LogP contribution in [-0.4, -0.2) is 44.0 Å². The molecule has 1 aliphatic rings. The molecule has 2 heterocycles. The Morgan fingerprint density at radius 2 is 2.25 bits per heavy atom. The van der Waals surface area contributed by atoms with E-state index < -0.39 is 11.5 Å². The molecule has 0 aliphatic carbocycles. The minimum absolute atomic E-state index is 0.212. The van der Waals surface area contributed by atoms with Crippen LogP contribution in [0.25, 0.3) is 0 Å². The number of carbonyl (C=O) groups excluding carboxylic acids is 1. The first-order valence-corrected chi connectivity index (χ1v) is 8.13. The number of rotatable bonds is 5. The zero-order chi connectivity index (χ0) is 17.3. The Bertz CT molecular complexity index is 742. The lowest BCUT2D eigenvalue weighted by Gasteiger charge is -2.21. The van der Waals surface area contributed by atoms with E-state index in [1.165, 1.54) is 0 Å². The minimum Gasteiger partial charge on any atom is -0.382 e. The van der Waals surface area contributed by atoms with E-state index >= 15 is 0 Å². The molecule has 0 spiro atoms. The number of primary amides is 1. The van der Waals surface area contributed by atoms with E-state index in [1.807, 2.05) is 32.2 Å². The number of amides is 1. The first-order valence-electron chi connectivity index (χ1n) is 8.13. The Balaban J connectivity index is 1.70. The highest BCUT2D eigenvalue weighted by molar-refractivity contribution is 5.92. The third kappa shape index (κ3) is 3.32. The van der Waals surface area contributed by atoms with Crippen LogP contribution in [0.1, 0.15) is 47.9 Å². The number of aliphatic hydroxyl groups is 1. The van der Waals surface area contributed by atoms with E-state index in [2.05, 4.69) is 15.2 Å². The molecule has 1 aliphatic heterocycles. The molecule has 128 valence electrons. The van der Waals surface area contributed by atoms with Crippen LogP contribution in [-0.2, 0) is 12.1 Å². The number of nitrogens with two attached hydrogens (primary N) is 1. The van der Waals surface area contributed by atoms with Crippen molar-refractivity contribution in [2.24, 2.45) is 5.73 Å². The molecule has 1 saturated heterocycles. The van der Waals surface area contributed by atoms with Crippen molar-refractivity contribution in [3.05, 3.63) is 47.3 Å². The van der Waals surface area contributed by atoms with Crippen LogP contribution >= 0.6 is 0 Å². The topological polar surface area (TPSA) is 97.3 Å². The van der Waals surface area contributed by atoms with E-state index in [0.29, 0.717) is 30.8 Å². The average molecular weight is 329 g/mol. The standard InChI is InChI=1S/C17H23N5O2/c1-12(2)22-10-15(19-20-22)17(24)6-7-21(11-17)9-13-4-3-5-14(8-13)16(18)23/h3-5,8,10,12,24H,6-7,9,11H2,1-2H3,(H2,18,23)/t17-/m1/s1. The molecule has 1 amide bonds. The number of nitrogens with zero attached hydrogens (tertiary/aromatic N) is 4. The summed E-state index contributed by atoms with van der Waals surface area (Å²) in [5, 5.41) is 19.1. The number of benzene rings is 1. The molecule has 1 atom stereocenters. The van der Waals surface area contributed by atoms with Gasteiger partial charge in [-0.15, -0.1) is 5.10 Å². The number of hydrogen-bond donors (Lipinski definition) is 2. The molecule has 0 radical (unpaired) electrons. The van der Waals surface area contributed by atoms with Gasteiger partial charge in [-0.05, 0) is 38.0 Å². The Hall–Kier alpha value is -2.25. The van der Waals surface area contributed by atoms with Crippen LogP contribution in [0.15, 0.2) is 30.5 Å². The van der Waals surface area contributed by atoms with Crippen LogP contribution in [0, 0.1) is 0 Å². The molecule has 1 aromatic heterocycles. The largest absolute Gasteiger partial charge is 0.382 e. The highest BCUT2D eigenvalue weighted by atomic mass is 16.3. The Morgan fingerprint density at radius 1 is 1.46 bits per heavy atom. The number of β-amino-alcohol motifs (C(OH)–C–C–N with tert-alkyl or cyclic N) is 1. The lowest BCUT2D eigenvalue weighted by molar-refractivity contribution is 0.0408. The van der Waals surface area contributed by atoms with Crippen LogP contribution in [0.3, 0.4) is 0 Å². The maximum atomic E-state index is 11.3. The van der Waals surface area contributed by atoms with E-state index in [0.717, 1.165) is 12.1 Å². The molecule has 1 fully saturated rings. The van der Waals surface area contributed by atoms with Gasteiger partial charge in [0.25, 0.3) is 0 Å². The van der Waals surface area contributed by atoms with Crippen molar-refractivity contribution in [3.8, 4) is 0 Å². The zero-order valence-electron chi connectivity index (χ0n) is 14.0. The molecule has 0 saturated carbocycles. The molecule has 7 heteroatoms. The van der Waals surface area contributed by atoms with Gasteiger partial charge in [0.2, 0.25) is 5.91 Å². The normalized spacial score (nSPS) is 21.5. The summed E-state index contributed by atoms with van der Waals surface area (Å²) in [4.78, 5) is 13.4. The Labute approximate surface area is 141 Å². The van der Waals surface area contributed by atoms with Gasteiger partial charge in [-0.2, -0.15) is 0 Å². The molecule has 0 unspecified atom stereocenters. The third-order valence-corrected chi connectivity index (χ3v) is 4.46. The Kier molecular flexibility index (Phi) is 4.38. The number of likely N-dealkylation sites (tertiary alicyclic amines) is 1. The smallest absolute Gasteiger partial charge is 0.248 e. The van der Waals surface area contributed by atoms with E-state index in [4.69, 9.17) is 5.73 Å². The van der Waals surface area contributed by atoms with Crippen molar-refractivity contribution in [1.29, 1.82) is 0 Å². The van der Waals surface area contributed by atoms with Gasteiger partial charge >= 0.3 is 0 Å². The van der Waals surface area contributed by atoms with Crippen LogP contribution in [0.4, 0.5) is 0 Å². The van der Waals surface area contributed by atoms with E-state index in [1.54, 1.807) is 16.8 Å². The monoisotopic (exact) mass is 329 g/mol. The van der Waals surface area contributed by atoms with Gasteiger partial charge in [0, 0.05) is 31.2 Å². The molecule has 2 aromatic rings. The van der Waals surface area contributed by atoms with Crippen molar-refractivity contribution >= 4 is 5.91 Å². The fourth-order valence-electron chi connectivity index (χ4n) is 3.04. The Morgan fingerprint density at radius 3 is 2.92 bits per heavy atom. The predicted octanol–water partition coefficient (Wildman–Crippen LogP) is 1.05. The van der Waals surface area contributed by atoms with Crippen LogP contribution in [0.5, 0.6) is 0 Å². The maximum absolute atomic E-state index is 11.3. The quantitative estimate of drug-likeness (QED) is 0.854. The van der Waals surface area contributed by atoms with Gasteiger partial charge in [0.15, 0.2) is 0 Å². The number of aromatic nitrogens is 3. The molecule has 1 aromatic carbocycles. The molecule has 0 bridgehead atoms. The summed E-state index contributed by atoms with van der Waals surface area (Å²) in [6.07, 6.45) is 2.43. The maximum Gasteiger partial charge on any atom is 0.248 e. The van der Waals surface area contributed by atoms with Gasteiger partial charge in [-0.3, -0.25) is 9.69 Å². The molecule has 3 rings (SSSR count). The lowest BCUT2D eigenvalue weighted by atomic mass is 10.00. The molecule has 24 heavy (non-hydrogen) atoms. The van der Waals surface area contributed by atoms with Crippen molar-refractivity contribution in [3.63, 3.8) is 0 Å². The van der Waals surface area contributed by atoms with Gasteiger partial charge in [0.1, 0.15) is 11.3 Å². The third-order valence-electron chi connectivity index (χ3n) is 4.46. The average Bonchev–Trinajstić information content (AvgIpc) is 3.16. The zero-order valence-corrected chi connectivity index (χ0v) is 14.0. The molecular weight excluding hydrogens is 306 g/mol. The summed E-state index contributed by atoms with van der Waals surface area (Å²) in [6.45, 7) is 5.95. The second-order valence-electron chi connectivity index (χ2n) is 6.73. The van der Waals surface area contributed by atoms with Crippen molar-refractivity contribution in [1.82, 2.24) is 19.9 Å². The second kappa shape index (κ2) is 6.33. The van der Waals surface area contributed by atoms with E-state index in [9.17, 15) is 9.90 Å². The summed E-state index contributed by atoms with van der Waals surface area (Å²) in [5.74, 6) is -0.430. The van der Waals surface area contributed by atoms with Gasteiger partial charge in [0.05, 0.1) is 6.20 Å². The van der Waals surface area contributed by atoms with Gasteiger partial charge in [-0.25, -0.2) is 4.68 Å². The highest BCUT2D eigenvalue weighted by Crippen LogP contribution is 2.31. The number of carbonyl (C=O) groups is 1. The minimum atomic E-state index is -0.978. The number of hydrogen-bond acceptors (Lipinski definition) is 5. The summed E-state index contributed by atoms with van der Waals surface area (Å²) < 4.78 is 1.76. The molecule has 7 nitrogen and oxygen atoms in total. The summed E-state index contributed by atoms with van der Waals surface area (Å²) in [6, 6.07) is 7.50. The highest BCUT2D eigenvalue weighted by Gasteiger charge is 2.40. The summed E-state index contributed by atoms with van der Waals surface area (Å²) in [7, 11) is 0. The molecular formula is C17H23N5O2. The van der Waals surface area contributed by atoms with Crippen molar-refractivity contribution in [2.45, 2.75) is 38.5 Å². The van der Waals surface area contributed by atoms with Crippen molar-refractivity contribution in [2.75, 3.05) is 13.1 Å². The molecule has 3 N–H and O–H groups in total. The van der Waals surface area contributed by atoms with Gasteiger partial charge < -0.3 is 10.8 Å². The first kappa shape index (κ1) is 16.6. The van der Waals surface area contributed by atoms with Crippen molar-refractivity contribution < 1.29 is 9.90 Å². The second-order valence-corrected chi connectivity index (χ2v) is 6.73. The fraction of sp³-hybridized carbons (Fsp3) is 0.471. The SMILES string of the molecule is CC(C)n1cc([C@@]2(O)CCN(Cc3cccc(C(N)=O)c3)C2)nn1.